The Morgan fingerprint density at radius 2 is 1.88 bits per heavy atom. The SMILES string of the molecule is C=C(c1ccc2cccnc2c1O)N(C)c1ccccc1CC(C)C. The molecule has 3 nitrogen and oxygen atoms in total. The zero-order valence-corrected chi connectivity index (χ0v) is 15.0. The Hall–Kier alpha value is -2.81. The van der Waals surface area contributed by atoms with E-state index in [-0.39, 0.29) is 5.75 Å². The second kappa shape index (κ2) is 6.98. The number of aromatic hydroxyl groups is 1. The van der Waals surface area contributed by atoms with Crippen molar-refractivity contribution in [3.8, 4) is 5.75 Å². The zero-order valence-electron chi connectivity index (χ0n) is 15.0. The first kappa shape index (κ1) is 17.0. The van der Waals surface area contributed by atoms with Crippen molar-refractivity contribution in [3.63, 3.8) is 0 Å². The van der Waals surface area contributed by atoms with E-state index in [1.165, 1.54) is 5.56 Å². The van der Waals surface area contributed by atoms with E-state index in [0.29, 0.717) is 17.0 Å². The molecule has 0 aliphatic rings. The first-order valence-electron chi connectivity index (χ1n) is 8.56. The lowest BCUT2D eigenvalue weighted by Gasteiger charge is -2.26. The minimum Gasteiger partial charge on any atom is -0.505 e. The quantitative estimate of drug-likeness (QED) is 0.693. The summed E-state index contributed by atoms with van der Waals surface area (Å²) in [5.41, 5.74) is 4.44. The third-order valence-corrected chi connectivity index (χ3v) is 4.44. The van der Waals surface area contributed by atoms with Crippen molar-refractivity contribution in [2.24, 2.45) is 5.92 Å². The van der Waals surface area contributed by atoms with Crippen LogP contribution < -0.4 is 4.90 Å². The molecule has 3 rings (SSSR count). The molecule has 1 aromatic heterocycles. The van der Waals surface area contributed by atoms with E-state index in [9.17, 15) is 5.11 Å². The lowest BCUT2D eigenvalue weighted by atomic mass is 10.00. The first-order chi connectivity index (χ1) is 12.0. The van der Waals surface area contributed by atoms with E-state index < -0.39 is 0 Å². The zero-order chi connectivity index (χ0) is 18.0. The standard InChI is InChI=1S/C22H24N2O/c1-15(2)14-18-8-5-6-10-20(18)24(4)16(3)19-12-11-17-9-7-13-23-21(17)22(19)25/h5-13,15,25H,3,14H2,1-2,4H3. The number of phenolic OH excluding ortho intramolecular Hbond substituents is 1. The van der Waals surface area contributed by atoms with Crippen LogP contribution in [0.5, 0.6) is 5.75 Å². The van der Waals surface area contributed by atoms with Gasteiger partial charge < -0.3 is 10.0 Å². The van der Waals surface area contributed by atoms with Crippen molar-refractivity contribution in [3.05, 3.63) is 72.4 Å². The second-order valence-electron chi connectivity index (χ2n) is 6.77. The van der Waals surface area contributed by atoms with Gasteiger partial charge in [0.15, 0.2) is 5.75 Å². The molecule has 0 atom stereocenters. The number of aromatic nitrogens is 1. The van der Waals surface area contributed by atoms with Gasteiger partial charge in [0.2, 0.25) is 0 Å². The van der Waals surface area contributed by atoms with Gasteiger partial charge in [-0.05, 0) is 36.1 Å². The lowest BCUT2D eigenvalue weighted by molar-refractivity contribution is 0.478. The molecule has 1 heterocycles. The molecule has 0 aliphatic carbocycles. The average molecular weight is 332 g/mol. The molecule has 3 aromatic rings. The molecule has 0 amide bonds. The maximum Gasteiger partial charge on any atom is 0.151 e. The van der Waals surface area contributed by atoms with Crippen LogP contribution in [0.2, 0.25) is 0 Å². The number of fused-ring (bicyclic) bond motifs is 1. The van der Waals surface area contributed by atoms with Crippen molar-refractivity contribution in [1.29, 1.82) is 0 Å². The van der Waals surface area contributed by atoms with Crippen molar-refractivity contribution in [2.75, 3.05) is 11.9 Å². The smallest absolute Gasteiger partial charge is 0.151 e. The summed E-state index contributed by atoms with van der Waals surface area (Å²) in [6, 6.07) is 16.0. The molecule has 128 valence electrons. The Morgan fingerprint density at radius 1 is 1.12 bits per heavy atom. The van der Waals surface area contributed by atoms with Gasteiger partial charge in [-0.25, -0.2) is 0 Å². The van der Waals surface area contributed by atoms with Gasteiger partial charge in [-0.15, -0.1) is 0 Å². The van der Waals surface area contributed by atoms with Gasteiger partial charge in [0.25, 0.3) is 0 Å². The highest BCUT2D eigenvalue weighted by Gasteiger charge is 2.16. The van der Waals surface area contributed by atoms with Crippen molar-refractivity contribution in [2.45, 2.75) is 20.3 Å². The maximum absolute atomic E-state index is 10.7. The normalized spacial score (nSPS) is 11.0. The lowest BCUT2D eigenvalue weighted by Crippen LogP contribution is -2.17. The van der Waals surface area contributed by atoms with Crippen LogP contribution in [0.3, 0.4) is 0 Å². The number of hydrogen-bond acceptors (Lipinski definition) is 3. The predicted octanol–water partition coefficient (Wildman–Crippen LogP) is 5.25. The summed E-state index contributed by atoms with van der Waals surface area (Å²) in [7, 11) is 1.99. The van der Waals surface area contributed by atoms with Crippen LogP contribution in [-0.4, -0.2) is 17.1 Å². The fourth-order valence-corrected chi connectivity index (χ4v) is 3.14. The van der Waals surface area contributed by atoms with Crippen LogP contribution in [0.15, 0.2) is 61.3 Å². The summed E-state index contributed by atoms with van der Waals surface area (Å²) < 4.78 is 0. The molecule has 0 saturated heterocycles. The number of hydrogen-bond donors (Lipinski definition) is 1. The fraction of sp³-hybridized carbons (Fsp3) is 0.227. The van der Waals surface area contributed by atoms with E-state index in [4.69, 9.17) is 0 Å². The highest BCUT2D eigenvalue weighted by molar-refractivity contribution is 5.92. The van der Waals surface area contributed by atoms with Gasteiger partial charge in [0, 0.05) is 35.6 Å². The predicted molar refractivity (Wildman–Crippen MR) is 106 cm³/mol. The van der Waals surface area contributed by atoms with Gasteiger partial charge in [-0.2, -0.15) is 0 Å². The van der Waals surface area contributed by atoms with E-state index in [0.717, 1.165) is 23.2 Å². The number of phenols is 1. The number of anilines is 1. The molecule has 0 aliphatic heterocycles. The largest absolute Gasteiger partial charge is 0.505 e. The number of nitrogens with zero attached hydrogens (tertiary/aromatic N) is 2. The van der Waals surface area contributed by atoms with Gasteiger partial charge in [0.1, 0.15) is 5.52 Å². The molecule has 1 N–H and O–H groups in total. The second-order valence-corrected chi connectivity index (χ2v) is 6.77. The van der Waals surface area contributed by atoms with Crippen molar-refractivity contribution < 1.29 is 5.11 Å². The third-order valence-electron chi connectivity index (χ3n) is 4.44. The van der Waals surface area contributed by atoms with E-state index in [2.05, 4.69) is 43.6 Å². The van der Waals surface area contributed by atoms with E-state index >= 15 is 0 Å². The molecule has 0 saturated carbocycles. The molecular weight excluding hydrogens is 308 g/mol. The van der Waals surface area contributed by atoms with Gasteiger partial charge in [-0.1, -0.05) is 50.8 Å². The minimum atomic E-state index is 0.177. The molecule has 0 fully saturated rings. The van der Waals surface area contributed by atoms with Crippen LogP contribution >= 0.6 is 0 Å². The topological polar surface area (TPSA) is 36.4 Å². The van der Waals surface area contributed by atoms with Crippen LogP contribution in [0.1, 0.15) is 25.0 Å². The highest BCUT2D eigenvalue weighted by atomic mass is 16.3. The van der Waals surface area contributed by atoms with Gasteiger partial charge in [0.05, 0.1) is 0 Å². The molecule has 0 spiro atoms. The van der Waals surface area contributed by atoms with E-state index in [1.54, 1.807) is 6.20 Å². The summed E-state index contributed by atoms with van der Waals surface area (Å²) in [5.74, 6) is 0.748. The molecule has 3 heteroatoms. The van der Waals surface area contributed by atoms with Gasteiger partial charge >= 0.3 is 0 Å². The Bertz CT molecular complexity index is 915. The summed E-state index contributed by atoms with van der Waals surface area (Å²) in [4.78, 5) is 6.35. The molecule has 0 unspecified atom stereocenters. The Morgan fingerprint density at radius 3 is 2.64 bits per heavy atom. The van der Waals surface area contributed by atoms with Gasteiger partial charge in [-0.3, -0.25) is 4.98 Å². The summed E-state index contributed by atoms with van der Waals surface area (Å²) in [6.07, 6.45) is 2.69. The Labute approximate surface area is 149 Å². The highest BCUT2D eigenvalue weighted by Crippen LogP contribution is 2.35. The Balaban J connectivity index is 2.00. The van der Waals surface area contributed by atoms with Crippen LogP contribution in [0.25, 0.3) is 16.6 Å². The summed E-state index contributed by atoms with van der Waals surface area (Å²) in [5, 5.41) is 11.6. The monoisotopic (exact) mass is 332 g/mol. The van der Waals surface area contributed by atoms with Crippen LogP contribution in [0, 0.1) is 5.92 Å². The van der Waals surface area contributed by atoms with Crippen molar-refractivity contribution >= 4 is 22.3 Å². The Kier molecular flexibility index (Phi) is 4.75. The number of rotatable bonds is 5. The first-order valence-corrected chi connectivity index (χ1v) is 8.56. The fourth-order valence-electron chi connectivity index (χ4n) is 3.14. The number of pyridine rings is 1. The number of benzene rings is 2. The van der Waals surface area contributed by atoms with Crippen LogP contribution in [0.4, 0.5) is 5.69 Å². The number of para-hydroxylation sites is 1. The molecule has 2 aromatic carbocycles. The van der Waals surface area contributed by atoms with Crippen LogP contribution in [-0.2, 0) is 6.42 Å². The average Bonchev–Trinajstić information content (AvgIpc) is 2.61. The molecule has 0 bridgehead atoms. The van der Waals surface area contributed by atoms with Crippen molar-refractivity contribution in [1.82, 2.24) is 4.98 Å². The minimum absolute atomic E-state index is 0.177. The molecular formula is C22H24N2O. The summed E-state index contributed by atoms with van der Waals surface area (Å²) in [6.45, 7) is 8.66. The molecule has 0 radical (unpaired) electrons. The molecule has 25 heavy (non-hydrogen) atoms. The summed E-state index contributed by atoms with van der Waals surface area (Å²) >= 11 is 0. The maximum atomic E-state index is 10.7. The van der Waals surface area contributed by atoms with E-state index in [1.807, 2.05) is 42.3 Å². The third kappa shape index (κ3) is 3.36.